The standard InChI is InChI=1S/C17H18BrF2N/c1-3-9-21-17(13-8-7-12(19)10-11(13)2)14-5-4-6-15(18)16(14)20/h4-8,10,17,21H,3,9H2,1-2H3. The molecule has 112 valence electrons. The first kappa shape index (κ1) is 16.1. The Morgan fingerprint density at radius 2 is 1.90 bits per heavy atom. The zero-order valence-electron chi connectivity index (χ0n) is 12.1. The summed E-state index contributed by atoms with van der Waals surface area (Å²) in [6.45, 7) is 4.65. The molecule has 2 aromatic carbocycles. The fourth-order valence-electron chi connectivity index (χ4n) is 2.38. The van der Waals surface area contributed by atoms with Gasteiger partial charge < -0.3 is 5.32 Å². The molecule has 0 amide bonds. The molecule has 0 saturated heterocycles. The quantitative estimate of drug-likeness (QED) is 0.785. The number of hydrogen-bond donors (Lipinski definition) is 1. The van der Waals surface area contributed by atoms with Crippen molar-refractivity contribution in [3.05, 3.63) is 69.2 Å². The molecule has 0 aliphatic carbocycles. The molecule has 0 radical (unpaired) electrons. The van der Waals surface area contributed by atoms with Crippen molar-refractivity contribution in [3.63, 3.8) is 0 Å². The molecule has 0 heterocycles. The van der Waals surface area contributed by atoms with Gasteiger partial charge in [-0.25, -0.2) is 8.78 Å². The smallest absolute Gasteiger partial charge is 0.142 e. The Morgan fingerprint density at radius 1 is 1.14 bits per heavy atom. The van der Waals surface area contributed by atoms with E-state index in [1.54, 1.807) is 18.2 Å². The van der Waals surface area contributed by atoms with Gasteiger partial charge in [-0.2, -0.15) is 0 Å². The summed E-state index contributed by atoms with van der Waals surface area (Å²) in [5.74, 6) is -0.560. The summed E-state index contributed by atoms with van der Waals surface area (Å²) < 4.78 is 28.2. The van der Waals surface area contributed by atoms with Gasteiger partial charge in [0.15, 0.2) is 0 Å². The summed E-state index contributed by atoms with van der Waals surface area (Å²) in [7, 11) is 0. The van der Waals surface area contributed by atoms with Gasteiger partial charge >= 0.3 is 0 Å². The summed E-state index contributed by atoms with van der Waals surface area (Å²) in [6, 6.07) is 9.57. The minimum atomic E-state index is -0.289. The van der Waals surface area contributed by atoms with E-state index in [0.29, 0.717) is 10.0 Å². The molecule has 0 aromatic heterocycles. The second kappa shape index (κ2) is 7.14. The summed E-state index contributed by atoms with van der Waals surface area (Å²) in [4.78, 5) is 0. The third-order valence-electron chi connectivity index (χ3n) is 3.43. The van der Waals surface area contributed by atoms with E-state index in [2.05, 4.69) is 28.2 Å². The van der Waals surface area contributed by atoms with Crippen molar-refractivity contribution in [1.82, 2.24) is 5.32 Å². The molecular weight excluding hydrogens is 336 g/mol. The van der Waals surface area contributed by atoms with Gasteiger partial charge in [0.25, 0.3) is 0 Å². The number of benzene rings is 2. The van der Waals surface area contributed by atoms with Crippen molar-refractivity contribution < 1.29 is 8.78 Å². The molecule has 0 aliphatic heterocycles. The average molecular weight is 354 g/mol. The first-order valence-corrected chi connectivity index (χ1v) is 7.77. The van der Waals surface area contributed by atoms with E-state index in [4.69, 9.17) is 0 Å². The van der Waals surface area contributed by atoms with E-state index in [-0.39, 0.29) is 17.7 Å². The SMILES string of the molecule is CCCNC(c1ccc(F)cc1C)c1cccc(Br)c1F. The van der Waals surface area contributed by atoms with Crippen LogP contribution < -0.4 is 5.32 Å². The maximum Gasteiger partial charge on any atom is 0.142 e. The van der Waals surface area contributed by atoms with E-state index in [0.717, 1.165) is 24.1 Å². The van der Waals surface area contributed by atoms with E-state index in [1.165, 1.54) is 12.1 Å². The Kier molecular flexibility index (Phi) is 5.48. The second-order valence-electron chi connectivity index (χ2n) is 5.03. The van der Waals surface area contributed by atoms with E-state index in [9.17, 15) is 8.78 Å². The van der Waals surface area contributed by atoms with Crippen molar-refractivity contribution in [2.75, 3.05) is 6.54 Å². The fraction of sp³-hybridized carbons (Fsp3) is 0.294. The van der Waals surface area contributed by atoms with Gasteiger partial charge in [0, 0.05) is 5.56 Å². The van der Waals surface area contributed by atoms with Gasteiger partial charge in [0.2, 0.25) is 0 Å². The van der Waals surface area contributed by atoms with Crippen LogP contribution in [0.25, 0.3) is 0 Å². The Hall–Kier alpha value is -1.26. The molecule has 0 fully saturated rings. The highest BCUT2D eigenvalue weighted by atomic mass is 79.9. The van der Waals surface area contributed by atoms with Crippen LogP contribution in [0.1, 0.15) is 36.1 Å². The Bertz CT molecular complexity index is 628. The molecule has 21 heavy (non-hydrogen) atoms. The molecule has 0 aliphatic rings. The zero-order chi connectivity index (χ0) is 15.4. The lowest BCUT2D eigenvalue weighted by molar-refractivity contribution is 0.540. The monoisotopic (exact) mass is 353 g/mol. The molecule has 1 N–H and O–H groups in total. The highest BCUT2D eigenvalue weighted by Gasteiger charge is 2.20. The first-order chi connectivity index (χ1) is 10.0. The molecule has 1 nitrogen and oxygen atoms in total. The maximum absolute atomic E-state index is 14.4. The molecule has 0 spiro atoms. The van der Waals surface area contributed by atoms with Gasteiger partial charge in [-0.1, -0.05) is 25.1 Å². The first-order valence-electron chi connectivity index (χ1n) is 6.98. The molecule has 2 rings (SSSR count). The molecule has 4 heteroatoms. The molecular formula is C17H18BrF2N. The third-order valence-corrected chi connectivity index (χ3v) is 4.05. The van der Waals surface area contributed by atoms with Gasteiger partial charge in [0.05, 0.1) is 10.5 Å². The molecule has 0 bridgehead atoms. The van der Waals surface area contributed by atoms with Crippen LogP contribution in [0.4, 0.5) is 8.78 Å². The summed E-state index contributed by atoms with van der Waals surface area (Å²) >= 11 is 3.22. The summed E-state index contributed by atoms with van der Waals surface area (Å²) in [5, 5.41) is 3.35. The molecule has 2 aromatic rings. The van der Waals surface area contributed by atoms with Crippen molar-refractivity contribution in [2.45, 2.75) is 26.3 Å². The van der Waals surface area contributed by atoms with Crippen molar-refractivity contribution in [2.24, 2.45) is 0 Å². The summed E-state index contributed by atoms with van der Waals surface area (Å²) in [5.41, 5.74) is 2.26. The molecule has 1 atom stereocenters. The third kappa shape index (κ3) is 3.69. The Balaban J connectivity index is 2.49. The van der Waals surface area contributed by atoms with Gasteiger partial charge in [-0.15, -0.1) is 0 Å². The van der Waals surface area contributed by atoms with Crippen LogP contribution >= 0.6 is 15.9 Å². The normalized spacial score (nSPS) is 12.4. The lowest BCUT2D eigenvalue weighted by Gasteiger charge is -2.22. The van der Waals surface area contributed by atoms with Crippen molar-refractivity contribution in [3.8, 4) is 0 Å². The van der Waals surface area contributed by atoms with Crippen molar-refractivity contribution >= 4 is 15.9 Å². The van der Waals surface area contributed by atoms with Crippen molar-refractivity contribution in [1.29, 1.82) is 0 Å². The lowest BCUT2D eigenvalue weighted by Crippen LogP contribution is -2.25. The topological polar surface area (TPSA) is 12.0 Å². The minimum absolute atomic E-state index is 0.278. The van der Waals surface area contributed by atoms with E-state index in [1.807, 2.05) is 13.0 Å². The zero-order valence-corrected chi connectivity index (χ0v) is 13.7. The Morgan fingerprint density at radius 3 is 2.57 bits per heavy atom. The lowest BCUT2D eigenvalue weighted by atomic mass is 9.94. The fourth-order valence-corrected chi connectivity index (χ4v) is 2.76. The highest BCUT2D eigenvalue weighted by Crippen LogP contribution is 2.30. The predicted octanol–water partition coefficient (Wildman–Crippen LogP) is 5.12. The number of aryl methyl sites for hydroxylation is 1. The predicted molar refractivity (Wildman–Crippen MR) is 85.4 cm³/mol. The van der Waals surface area contributed by atoms with Gasteiger partial charge in [-0.05, 0) is 65.1 Å². The van der Waals surface area contributed by atoms with Crippen LogP contribution in [0.2, 0.25) is 0 Å². The molecule has 1 unspecified atom stereocenters. The van der Waals surface area contributed by atoms with Crippen LogP contribution in [-0.4, -0.2) is 6.54 Å². The van der Waals surface area contributed by atoms with E-state index < -0.39 is 0 Å². The molecule has 0 saturated carbocycles. The minimum Gasteiger partial charge on any atom is -0.306 e. The highest BCUT2D eigenvalue weighted by molar-refractivity contribution is 9.10. The van der Waals surface area contributed by atoms with Crippen LogP contribution in [0, 0.1) is 18.6 Å². The number of nitrogens with one attached hydrogen (secondary N) is 1. The van der Waals surface area contributed by atoms with Gasteiger partial charge in [-0.3, -0.25) is 0 Å². The van der Waals surface area contributed by atoms with Crippen LogP contribution in [0.15, 0.2) is 40.9 Å². The largest absolute Gasteiger partial charge is 0.306 e. The summed E-state index contributed by atoms with van der Waals surface area (Å²) in [6.07, 6.45) is 0.937. The number of halogens is 3. The van der Waals surface area contributed by atoms with Crippen LogP contribution in [0.5, 0.6) is 0 Å². The van der Waals surface area contributed by atoms with Gasteiger partial charge in [0.1, 0.15) is 11.6 Å². The second-order valence-corrected chi connectivity index (χ2v) is 5.89. The van der Waals surface area contributed by atoms with Crippen LogP contribution in [0.3, 0.4) is 0 Å². The average Bonchev–Trinajstić information content (AvgIpc) is 2.45. The van der Waals surface area contributed by atoms with E-state index >= 15 is 0 Å². The number of hydrogen-bond acceptors (Lipinski definition) is 1. The van der Waals surface area contributed by atoms with Crippen LogP contribution in [-0.2, 0) is 0 Å². The number of rotatable bonds is 5. The Labute approximate surface area is 132 Å². The maximum atomic E-state index is 14.4.